The van der Waals surface area contributed by atoms with Crippen molar-refractivity contribution in [1.29, 1.82) is 0 Å². The molecule has 0 aromatic carbocycles. The average Bonchev–Trinajstić information content (AvgIpc) is 3.05. The third-order valence-corrected chi connectivity index (χ3v) is 3.38. The third kappa shape index (κ3) is 3.67. The molecule has 92 valence electrons. The summed E-state index contributed by atoms with van der Waals surface area (Å²) in [7, 11) is 0. The highest BCUT2D eigenvalue weighted by Crippen LogP contribution is 2.18. The van der Waals surface area contributed by atoms with Crippen molar-refractivity contribution in [1.82, 2.24) is 15.5 Å². The van der Waals surface area contributed by atoms with Crippen LogP contribution in [0.25, 0.3) is 0 Å². The Kier molecular flexibility index (Phi) is 4.04. The molecule has 0 bridgehead atoms. The highest BCUT2D eigenvalue weighted by Gasteiger charge is 2.25. The van der Waals surface area contributed by atoms with Crippen molar-refractivity contribution in [3.8, 4) is 0 Å². The van der Waals surface area contributed by atoms with Crippen molar-refractivity contribution in [2.45, 2.75) is 51.1 Å². The highest BCUT2D eigenvalue weighted by atomic mass is 16.2. The Balaban J connectivity index is 1.62. The molecule has 16 heavy (non-hydrogen) atoms. The van der Waals surface area contributed by atoms with E-state index in [0.717, 1.165) is 38.8 Å². The lowest BCUT2D eigenvalue weighted by atomic mass is 10.1. The Morgan fingerprint density at radius 1 is 1.12 bits per heavy atom. The van der Waals surface area contributed by atoms with Gasteiger partial charge in [0, 0.05) is 25.2 Å². The molecule has 2 fully saturated rings. The van der Waals surface area contributed by atoms with Crippen LogP contribution in [-0.2, 0) is 0 Å². The molecule has 0 aromatic heterocycles. The zero-order valence-corrected chi connectivity index (χ0v) is 10.2. The summed E-state index contributed by atoms with van der Waals surface area (Å²) in [5, 5.41) is 6.05. The van der Waals surface area contributed by atoms with Crippen LogP contribution in [0.1, 0.15) is 39.0 Å². The first-order chi connectivity index (χ1) is 7.78. The smallest absolute Gasteiger partial charge is 0.315 e. The van der Waals surface area contributed by atoms with Crippen molar-refractivity contribution < 1.29 is 4.79 Å². The number of carbonyl (C=O) groups is 1. The molecule has 2 aliphatic rings. The van der Waals surface area contributed by atoms with Crippen LogP contribution in [0.2, 0.25) is 0 Å². The fourth-order valence-corrected chi connectivity index (χ4v) is 2.26. The minimum atomic E-state index is 0.0384. The summed E-state index contributed by atoms with van der Waals surface area (Å²) in [6.07, 6.45) is 5.72. The molecule has 1 aliphatic heterocycles. The Bertz CT molecular complexity index is 232. The number of amides is 2. The van der Waals surface area contributed by atoms with Gasteiger partial charge in [-0.2, -0.15) is 0 Å². The minimum Gasteiger partial charge on any atom is -0.335 e. The van der Waals surface area contributed by atoms with Gasteiger partial charge in [-0.15, -0.1) is 0 Å². The molecule has 1 heterocycles. The van der Waals surface area contributed by atoms with Gasteiger partial charge < -0.3 is 15.5 Å². The van der Waals surface area contributed by atoms with E-state index in [2.05, 4.69) is 22.5 Å². The van der Waals surface area contributed by atoms with Crippen molar-refractivity contribution in [3.63, 3.8) is 0 Å². The van der Waals surface area contributed by atoms with E-state index in [1.807, 2.05) is 0 Å². The van der Waals surface area contributed by atoms with Crippen molar-refractivity contribution >= 4 is 6.03 Å². The molecular weight excluding hydrogens is 202 g/mol. The van der Waals surface area contributed by atoms with Crippen LogP contribution in [0.15, 0.2) is 0 Å². The largest absolute Gasteiger partial charge is 0.335 e. The number of piperidine rings is 1. The van der Waals surface area contributed by atoms with Gasteiger partial charge in [0.1, 0.15) is 0 Å². The Labute approximate surface area is 97.8 Å². The fourth-order valence-electron chi connectivity index (χ4n) is 2.26. The first-order valence-electron chi connectivity index (χ1n) is 6.57. The SMILES string of the molecule is CCCN1CCC(NC(=O)NC2CC2)CC1. The maximum absolute atomic E-state index is 11.5. The molecule has 0 aromatic rings. The van der Waals surface area contributed by atoms with E-state index in [4.69, 9.17) is 0 Å². The van der Waals surface area contributed by atoms with Crippen molar-refractivity contribution in [2.24, 2.45) is 0 Å². The maximum atomic E-state index is 11.5. The van der Waals surface area contributed by atoms with Gasteiger partial charge in [0.15, 0.2) is 0 Å². The van der Waals surface area contributed by atoms with Crippen molar-refractivity contribution in [2.75, 3.05) is 19.6 Å². The number of nitrogens with one attached hydrogen (secondary N) is 2. The topological polar surface area (TPSA) is 44.4 Å². The van der Waals surface area contributed by atoms with E-state index < -0.39 is 0 Å². The van der Waals surface area contributed by atoms with Crippen LogP contribution < -0.4 is 10.6 Å². The number of rotatable bonds is 4. The number of hydrogen-bond donors (Lipinski definition) is 2. The number of likely N-dealkylation sites (tertiary alicyclic amines) is 1. The number of urea groups is 1. The molecule has 0 radical (unpaired) electrons. The summed E-state index contributed by atoms with van der Waals surface area (Å²) in [4.78, 5) is 14.0. The highest BCUT2D eigenvalue weighted by molar-refractivity contribution is 5.74. The van der Waals surface area contributed by atoms with Crippen LogP contribution >= 0.6 is 0 Å². The quantitative estimate of drug-likeness (QED) is 0.758. The number of hydrogen-bond acceptors (Lipinski definition) is 2. The standard InChI is InChI=1S/C12H23N3O/c1-2-7-15-8-5-11(6-9-15)14-12(16)13-10-3-4-10/h10-11H,2-9H2,1H3,(H2,13,14,16). The second kappa shape index (κ2) is 5.53. The monoisotopic (exact) mass is 225 g/mol. The van der Waals surface area contributed by atoms with Crippen LogP contribution in [-0.4, -0.2) is 42.6 Å². The third-order valence-electron chi connectivity index (χ3n) is 3.38. The van der Waals surface area contributed by atoms with Gasteiger partial charge in [-0.25, -0.2) is 4.79 Å². The predicted octanol–water partition coefficient (Wildman–Crippen LogP) is 1.32. The van der Waals surface area contributed by atoms with Crippen LogP contribution in [0.3, 0.4) is 0 Å². The van der Waals surface area contributed by atoms with Gasteiger partial charge in [-0.3, -0.25) is 0 Å². The molecule has 4 heteroatoms. The van der Waals surface area contributed by atoms with Gasteiger partial charge in [-0.05, 0) is 38.6 Å². The van der Waals surface area contributed by atoms with Gasteiger partial charge >= 0.3 is 6.03 Å². The van der Waals surface area contributed by atoms with E-state index in [1.54, 1.807) is 0 Å². The molecular formula is C12H23N3O. The zero-order valence-electron chi connectivity index (χ0n) is 10.2. The summed E-state index contributed by atoms with van der Waals surface area (Å²) < 4.78 is 0. The number of carbonyl (C=O) groups excluding carboxylic acids is 1. The zero-order chi connectivity index (χ0) is 11.4. The van der Waals surface area contributed by atoms with Crippen LogP contribution in [0.4, 0.5) is 4.79 Å². The summed E-state index contributed by atoms with van der Waals surface area (Å²) in [5.74, 6) is 0. The first kappa shape index (κ1) is 11.7. The van der Waals surface area contributed by atoms with Gasteiger partial charge in [-0.1, -0.05) is 6.92 Å². The molecule has 0 spiro atoms. The van der Waals surface area contributed by atoms with Crippen LogP contribution in [0, 0.1) is 0 Å². The van der Waals surface area contributed by atoms with Gasteiger partial charge in [0.05, 0.1) is 0 Å². The maximum Gasteiger partial charge on any atom is 0.315 e. The lowest BCUT2D eigenvalue weighted by Crippen LogP contribution is -2.48. The lowest BCUT2D eigenvalue weighted by Gasteiger charge is -2.32. The number of nitrogens with zero attached hydrogens (tertiary/aromatic N) is 1. The molecule has 1 aliphatic carbocycles. The van der Waals surface area contributed by atoms with Gasteiger partial charge in [0.25, 0.3) is 0 Å². The molecule has 2 amide bonds. The molecule has 2 N–H and O–H groups in total. The van der Waals surface area contributed by atoms with E-state index >= 15 is 0 Å². The Morgan fingerprint density at radius 3 is 2.19 bits per heavy atom. The molecule has 1 saturated heterocycles. The summed E-state index contributed by atoms with van der Waals surface area (Å²) in [6, 6.07) is 0.878. The second-order valence-electron chi connectivity index (χ2n) is 5.01. The van der Waals surface area contributed by atoms with Crippen molar-refractivity contribution in [3.05, 3.63) is 0 Å². The minimum absolute atomic E-state index is 0.0384. The van der Waals surface area contributed by atoms with E-state index in [-0.39, 0.29) is 6.03 Å². The molecule has 0 unspecified atom stereocenters. The predicted molar refractivity (Wildman–Crippen MR) is 64.4 cm³/mol. The lowest BCUT2D eigenvalue weighted by molar-refractivity contribution is 0.192. The van der Waals surface area contributed by atoms with Crippen LogP contribution in [0.5, 0.6) is 0 Å². The van der Waals surface area contributed by atoms with E-state index in [9.17, 15) is 4.79 Å². The van der Waals surface area contributed by atoms with Gasteiger partial charge in [0.2, 0.25) is 0 Å². The molecule has 0 atom stereocenters. The second-order valence-corrected chi connectivity index (χ2v) is 5.01. The Morgan fingerprint density at radius 2 is 1.69 bits per heavy atom. The Hall–Kier alpha value is -0.770. The summed E-state index contributed by atoms with van der Waals surface area (Å²) in [6.45, 7) is 5.67. The normalized spacial score (nSPS) is 23.1. The first-order valence-corrected chi connectivity index (χ1v) is 6.57. The molecule has 1 saturated carbocycles. The van der Waals surface area contributed by atoms with E-state index in [0.29, 0.717) is 12.1 Å². The summed E-state index contributed by atoms with van der Waals surface area (Å²) in [5.41, 5.74) is 0. The molecule has 4 nitrogen and oxygen atoms in total. The average molecular weight is 225 g/mol. The van der Waals surface area contributed by atoms with E-state index in [1.165, 1.54) is 13.0 Å². The summed E-state index contributed by atoms with van der Waals surface area (Å²) >= 11 is 0. The molecule has 2 rings (SSSR count). The fraction of sp³-hybridized carbons (Fsp3) is 0.917.